The summed E-state index contributed by atoms with van der Waals surface area (Å²) in [7, 11) is 7.38. The Bertz CT molecular complexity index is 819. The van der Waals surface area contributed by atoms with Gasteiger partial charge in [-0.3, -0.25) is 0 Å². The van der Waals surface area contributed by atoms with Gasteiger partial charge in [-0.05, 0) is 0 Å². The van der Waals surface area contributed by atoms with Crippen molar-refractivity contribution in [2.75, 3.05) is 14.1 Å². The number of benzene rings is 2. The summed E-state index contributed by atoms with van der Waals surface area (Å²) in [6.07, 6.45) is 0.978. The Morgan fingerprint density at radius 1 is 1.29 bits per heavy atom. The minimum atomic E-state index is 0.0654. The molecule has 3 nitrogen and oxygen atoms in total. The zero-order chi connectivity index (χ0) is 17.7. The average molecular weight is 316 g/mol. The fourth-order valence-corrected chi connectivity index (χ4v) is 2.73. The van der Waals surface area contributed by atoms with E-state index < -0.39 is 0 Å². The summed E-state index contributed by atoms with van der Waals surface area (Å²) in [6, 6.07) is 14.2. The van der Waals surface area contributed by atoms with Crippen LogP contribution in [0.15, 0.2) is 36.4 Å². The van der Waals surface area contributed by atoms with E-state index in [1.165, 1.54) is 0 Å². The second-order valence-corrected chi connectivity index (χ2v) is 6.01. The molecule has 0 saturated heterocycles. The monoisotopic (exact) mass is 316 g/mol. The van der Waals surface area contributed by atoms with Crippen molar-refractivity contribution in [2.24, 2.45) is 0 Å². The van der Waals surface area contributed by atoms with Gasteiger partial charge in [-0.15, -0.1) is 0 Å². The van der Waals surface area contributed by atoms with Gasteiger partial charge in [-0.1, -0.05) is 0 Å². The molecule has 0 atom stereocenters. The van der Waals surface area contributed by atoms with Gasteiger partial charge in [-0.25, -0.2) is 0 Å². The summed E-state index contributed by atoms with van der Waals surface area (Å²) < 4.78 is 0. The van der Waals surface area contributed by atoms with Crippen molar-refractivity contribution >= 4 is 19.4 Å². The molecule has 0 spiro atoms. The first-order chi connectivity index (χ1) is 11.5. The molecule has 0 aliphatic carbocycles. The number of nitrogens with zero attached hydrogens (tertiary/aromatic N) is 2. The molecule has 0 bridgehead atoms. The van der Waals surface area contributed by atoms with E-state index in [-0.39, 0.29) is 5.91 Å². The van der Waals surface area contributed by atoms with Gasteiger partial charge in [0.25, 0.3) is 0 Å². The molecular weight excluding hydrogens is 295 g/mol. The van der Waals surface area contributed by atoms with Crippen LogP contribution >= 0.6 is 0 Å². The molecule has 0 aliphatic heterocycles. The van der Waals surface area contributed by atoms with Crippen LogP contribution in [0.25, 0.3) is 11.1 Å². The number of hydrogen-bond donors (Lipinski definition) is 0. The number of nitriles is 1. The molecule has 0 fully saturated rings. The van der Waals surface area contributed by atoms with E-state index in [9.17, 15) is 10.1 Å². The van der Waals surface area contributed by atoms with Crippen molar-refractivity contribution in [3.05, 3.63) is 58.7 Å². The van der Waals surface area contributed by atoms with Crippen LogP contribution in [0.1, 0.15) is 28.7 Å². The first kappa shape index (κ1) is 17.7. The molecule has 0 heterocycles. The van der Waals surface area contributed by atoms with Crippen LogP contribution in [0, 0.1) is 18.3 Å². The number of amides is 1. The van der Waals surface area contributed by atoms with E-state index >= 15 is 0 Å². The van der Waals surface area contributed by atoms with E-state index in [0.29, 0.717) is 18.4 Å². The number of aryl methyl sites for hydroxylation is 2. The molecule has 2 aromatic rings. The predicted octanol–water partition coefficient (Wildman–Crippen LogP) is 2.61. The zero-order valence-electron chi connectivity index (χ0n) is 14.5. The molecule has 120 valence electrons. The van der Waals surface area contributed by atoms with Gasteiger partial charge in [0.15, 0.2) is 0 Å². The van der Waals surface area contributed by atoms with E-state index in [4.69, 9.17) is 0 Å². The van der Waals surface area contributed by atoms with Crippen LogP contribution < -0.4 is 0 Å². The Morgan fingerprint density at radius 3 is 2.67 bits per heavy atom. The summed E-state index contributed by atoms with van der Waals surface area (Å²) in [5.41, 5.74) is 5.82. The van der Waals surface area contributed by atoms with Crippen molar-refractivity contribution in [3.63, 3.8) is 0 Å². The Labute approximate surface area is 144 Å². The van der Waals surface area contributed by atoms with Crippen molar-refractivity contribution in [2.45, 2.75) is 19.8 Å². The predicted molar refractivity (Wildman–Crippen MR) is 101 cm³/mol. The third-order valence-electron chi connectivity index (χ3n) is 4.18. The molecule has 4 heteroatoms. The normalized spacial score (nSPS) is 10.0. The maximum absolute atomic E-state index is 11.8. The van der Waals surface area contributed by atoms with Gasteiger partial charge in [0.2, 0.25) is 0 Å². The van der Waals surface area contributed by atoms with Gasteiger partial charge in [-0.2, -0.15) is 0 Å². The minimum absolute atomic E-state index is 0.0654. The summed E-state index contributed by atoms with van der Waals surface area (Å²) in [5, 5.41) is 9.48. The second-order valence-electron chi connectivity index (χ2n) is 6.01. The molecule has 2 aromatic carbocycles. The van der Waals surface area contributed by atoms with E-state index in [1.54, 1.807) is 19.0 Å². The fraction of sp³-hybridized carbons (Fsp3) is 0.250. The Morgan fingerprint density at radius 2 is 2.04 bits per heavy atom. The van der Waals surface area contributed by atoms with E-state index in [2.05, 4.69) is 13.6 Å². The molecule has 24 heavy (non-hydrogen) atoms. The van der Waals surface area contributed by atoms with Crippen LogP contribution in [0.5, 0.6) is 0 Å². The Balaban J connectivity index is 2.37. The third-order valence-corrected chi connectivity index (χ3v) is 4.18. The SMILES string of the molecule is B=Cc1c(C)cccc1-c1ccc(CCC(=O)N(C)C)c(C#N)c1. The molecule has 1 amide bonds. The number of hydrogen-bond acceptors (Lipinski definition) is 2. The molecular formula is C20H21BN2O. The molecule has 0 radical (unpaired) electrons. The molecule has 0 N–H and O–H groups in total. The zero-order valence-corrected chi connectivity index (χ0v) is 14.5. The first-order valence-electron chi connectivity index (χ1n) is 7.93. The van der Waals surface area contributed by atoms with Crippen molar-refractivity contribution in [3.8, 4) is 17.2 Å². The molecule has 0 saturated carbocycles. The van der Waals surface area contributed by atoms with E-state index in [1.807, 2.05) is 49.3 Å². The van der Waals surface area contributed by atoms with Crippen LogP contribution in [0.4, 0.5) is 0 Å². The van der Waals surface area contributed by atoms with E-state index in [0.717, 1.165) is 27.8 Å². The average Bonchev–Trinajstić information content (AvgIpc) is 2.59. The summed E-state index contributed by atoms with van der Waals surface area (Å²) in [5.74, 6) is 1.91. The van der Waals surface area contributed by atoms with Gasteiger partial charge >= 0.3 is 144 Å². The van der Waals surface area contributed by atoms with Crippen LogP contribution in [-0.2, 0) is 11.2 Å². The molecule has 0 aliphatic rings. The fourth-order valence-electron chi connectivity index (χ4n) is 2.73. The van der Waals surface area contributed by atoms with Crippen molar-refractivity contribution in [1.82, 2.24) is 4.90 Å². The Kier molecular flexibility index (Phi) is 5.71. The van der Waals surface area contributed by atoms with Gasteiger partial charge in [0.05, 0.1) is 0 Å². The van der Waals surface area contributed by atoms with Gasteiger partial charge in [0.1, 0.15) is 0 Å². The van der Waals surface area contributed by atoms with Crippen molar-refractivity contribution in [1.29, 1.82) is 5.26 Å². The van der Waals surface area contributed by atoms with Gasteiger partial charge in [0, 0.05) is 0 Å². The standard InChI is InChI=1S/C20H21BN2O/c1-14-5-4-6-18(19(14)12-21)16-8-7-15(17(11-16)13-22)9-10-20(24)23(2)3/h4-8,11-12,21H,9-10H2,1-3H3. The summed E-state index contributed by atoms with van der Waals surface area (Å²) in [4.78, 5) is 13.3. The van der Waals surface area contributed by atoms with Crippen molar-refractivity contribution < 1.29 is 4.79 Å². The van der Waals surface area contributed by atoms with Crippen LogP contribution in [-0.4, -0.2) is 38.4 Å². The van der Waals surface area contributed by atoms with Crippen LogP contribution in [0.3, 0.4) is 0 Å². The van der Waals surface area contributed by atoms with Crippen LogP contribution in [0.2, 0.25) is 0 Å². The molecule has 2 rings (SSSR count). The maximum atomic E-state index is 11.8. The summed E-state index contributed by atoms with van der Waals surface area (Å²) in [6.45, 7) is 2.05. The third kappa shape index (κ3) is 3.80. The molecule has 0 unspecified atom stereocenters. The summed E-state index contributed by atoms with van der Waals surface area (Å²) >= 11 is 0. The van der Waals surface area contributed by atoms with Gasteiger partial charge < -0.3 is 0 Å². The quantitative estimate of drug-likeness (QED) is 0.796. The first-order valence-corrected chi connectivity index (χ1v) is 7.93. The number of rotatable bonds is 5. The number of carbonyl (C=O) groups excluding carboxylic acids is 1. The molecule has 0 aromatic heterocycles. The second kappa shape index (κ2) is 7.74. The topological polar surface area (TPSA) is 44.1 Å². The number of carbonyl (C=O) groups is 1. The Hall–Kier alpha value is -2.67.